The fourth-order valence-electron chi connectivity index (χ4n) is 3.59. The van der Waals surface area contributed by atoms with Crippen LogP contribution in [0.3, 0.4) is 0 Å². The van der Waals surface area contributed by atoms with Crippen LogP contribution in [0.5, 0.6) is 11.5 Å². The molecule has 1 aliphatic carbocycles. The number of phenols is 2. The number of Topliss-reactive ketones (excluding diaryl/α,β-unsaturated/α-hetero) is 1. The number of benzene rings is 2. The number of fused-ring (bicyclic) bond motifs is 2. The Hall–Kier alpha value is -3.48. The molecule has 0 radical (unpaired) electrons. The summed E-state index contributed by atoms with van der Waals surface area (Å²) in [7, 11) is 1.19. The third-order valence-electron chi connectivity index (χ3n) is 5.16. The molecule has 1 aliphatic rings. The summed E-state index contributed by atoms with van der Waals surface area (Å²) < 4.78 is 4.67. The lowest BCUT2D eigenvalue weighted by atomic mass is 9.79. The minimum Gasteiger partial charge on any atom is -0.507 e. The summed E-state index contributed by atoms with van der Waals surface area (Å²) in [5.41, 5.74) is -0.719. The van der Waals surface area contributed by atoms with Gasteiger partial charge in [-0.15, -0.1) is 0 Å². The molecule has 3 rings (SSSR count). The Balaban J connectivity index is 2.24. The second-order valence-electron chi connectivity index (χ2n) is 7.65. The van der Waals surface area contributed by atoms with Gasteiger partial charge >= 0.3 is 5.97 Å². The van der Waals surface area contributed by atoms with Crippen LogP contribution in [0.25, 0.3) is 0 Å². The van der Waals surface area contributed by atoms with Crippen molar-refractivity contribution in [2.75, 3.05) is 7.11 Å². The van der Waals surface area contributed by atoms with E-state index in [1.807, 2.05) is 13.8 Å². The molecule has 0 atom stereocenters. The van der Waals surface area contributed by atoms with Crippen molar-refractivity contribution in [1.29, 1.82) is 0 Å². The van der Waals surface area contributed by atoms with Crippen LogP contribution in [0.1, 0.15) is 74.5 Å². The van der Waals surface area contributed by atoms with Gasteiger partial charge in [-0.2, -0.15) is 0 Å². The number of carbonyl (C=O) groups excluding carboxylic acids is 4. The molecule has 2 N–H and O–H groups in total. The lowest BCUT2D eigenvalue weighted by molar-refractivity contribution is -0.139. The highest BCUT2D eigenvalue weighted by Crippen LogP contribution is 2.40. The van der Waals surface area contributed by atoms with Crippen LogP contribution in [0, 0.1) is 5.92 Å². The lowest BCUT2D eigenvalue weighted by Crippen LogP contribution is -2.23. The summed E-state index contributed by atoms with van der Waals surface area (Å²) >= 11 is 0. The van der Waals surface area contributed by atoms with Crippen molar-refractivity contribution in [3.05, 3.63) is 57.6 Å². The van der Waals surface area contributed by atoms with Crippen molar-refractivity contribution in [2.45, 2.75) is 33.1 Å². The van der Waals surface area contributed by atoms with Crippen molar-refractivity contribution in [3.63, 3.8) is 0 Å². The van der Waals surface area contributed by atoms with Gasteiger partial charge in [0, 0.05) is 17.5 Å². The maximum Gasteiger partial charge on any atom is 0.310 e. The first kappa shape index (κ1) is 21.2. The van der Waals surface area contributed by atoms with Gasteiger partial charge in [-0.3, -0.25) is 19.2 Å². The van der Waals surface area contributed by atoms with E-state index < -0.39 is 29.1 Å². The van der Waals surface area contributed by atoms with Gasteiger partial charge in [0.25, 0.3) is 0 Å². The Morgan fingerprint density at radius 1 is 1.03 bits per heavy atom. The molecule has 0 bridgehead atoms. The van der Waals surface area contributed by atoms with Crippen LogP contribution >= 0.6 is 0 Å². The molecule has 30 heavy (non-hydrogen) atoms. The number of hydrogen-bond acceptors (Lipinski definition) is 7. The molecule has 0 saturated heterocycles. The number of esters is 1. The van der Waals surface area contributed by atoms with Crippen LogP contribution in [-0.4, -0.2) is 40.6 Å². The number of aromatic hydroxyl groups is 2. The maximum absolute atomic E-state index is 13.1. The van der Waals surface area contributed by atoms with E-state index in [4.69, 9.17) is 0 Å². The first-order valence-electron chi connectivity index (χ1n) is 9.57. The molecule has 7 heteroatoms. The maximum atomic E-state index is 13.1. The third-order valence-corrected chi connectivity index (χ3v) is 5.16. The third kappa shape index (κ3) is 3.58. The number of ether oxygens (including phenoxy) is 1. The predicted octanol–water partition coefficient (Wildman–Crippen LogP) is 3.21. The smallest absolute Gasteiger partial charge is 0.310 e. The molecule has 2 aromatic carbocycles. The molecule has 7 nitrogen and oxygen atoms in total. The van der Waals surface area contributed by atoms with E-state index in [0.717, 1.165) is 0 Å². The highest BCUT2D eigenvalue weighted by Gasteiger charge is 2.37. The average Bonchev–Trinajstić information content (AvgIpc) is 2.69. The standard InChI is InChI=1S/C23H22O7/c1-11(2)7-8-16(25)18-12(10-17(26)30-3)9-14-20(22(18)28)23(29)19-13(21(14)27)5-4-6-15(19)24/h4-6,9,11,24,28H,7-8,10H2,1-3H3. The topological polar surface area (TPSA) is 118 Å². The van der Waals surface area contributed by atoms with Gasteiger partial charge in [-0.25, -0.2) is 0 Å². The van der Waals surface area contributed by atoms with Gasteiger partial charge < -0.3 is 14.9 Å². The highest BCUT2D eigenvalue weighted by atomic mass is 16.5. The Morgan fingerprint density at radius 3 is 2.37 bits per heavy atom. The molecule has 0 spiro atoms. The molecular weight excluding hydrogens is 388 g/mol. The van der Waals surface area contributed by atoms with Gasteiger partial charge in [-0.1, -0.05) is 26.0 Å². The van der Waals surface area contributed by atoms with Gasteiger partial charge in [0.15, 0.2) is 11.6 Å². The van der Waals surface area contributed by atoms with Crippen molar-refractivity contribution in [2.24, 2.45) is 5.92 Å². The zero-order valence-corrected chi connectivity index (χ0v) is 16.9. The largest absolute Gasteiger partial charge is 0.507 e. The Labute approximate surface area is 173 Å². The molecule has 0 fully saturated rings. The molecule has 0 heterocycles. The molecular formula is C23H22O7. The second-order valence-corrected chi connectivity index (χ2v) is 7.65. The van der Waals surface area contributed by atoms with Crippen LogP contribution < -0.4 is 0 Å². The van der Waals surface area contributed by atoms with E-state index in [0.29, 0.717) is 6.42 Å². The highest BCUT2D eigenvalue weighted by molar-refractivity contribution is 6.31. The summed E-state index contributed by atoms with van der Waals surface area (Å²) in [6.07, 6.45) is 0.306. The molecule has 0 saturated carbocycles. The number of phenolic OH excluding ortho intramolecular Hbond substituents is 2. The first-order valence-corrected chi connectivity index (χ1v) is 9.57. The molecule has 0 amide bonds. The monoisotopic (exact) mass is 410 g/mol. The SMILES string of the molecule is COC(=O)Cc1cc2c(c(O)c1C(=O)CCC(C)C)C(=O)c1c(O)cccc1C2=O. The normalized spacial score (nSPS) is 12.5. The van der Waals surface area contributed by atoms with E-state index in [-0.39, 0.29) is 57.9 Å². The Morgan fingerprint density at radius 2 is 1.73 bits per heavy atom. The summed E-state index contributed by atoms with van der Waals surface area (Å²) in [5, 5.41) is 21.0. The molecule has 2 aromatic rings. The number of methoxy groups -OCH3 is 1. The lowest BCUT2D eigenvalue weighted by Gasteiger charge is -2.22. The minimum atomic E-state index is -0.752. The number of hydrogen-bond donors (Lipinski definition) is 2. The average molecular weight is 410 g/mol. The van der Waals surface area contributed by atoms with Gasteiger partial charge in [0.2, 0.25) is 5.78 Å². The van der Waals surface area contributed by atoms with Crippen molar-refractivity contribution >= 4 is 23.3 Å². The summed E-state index contributed by atoms with van der Waals surface area (Å²) in [6, 6.07) is 5.40. The molecule has 0 unspecified atom stereocenters. The second kappa shape index (κ2) is 8.10. The first-order chi connectivity index (χ1) is 14.2. The van der Waals surface area contributed by atoms with Crippen molar-refractivity contribution in [1.82, 2.24) is 0 Å². The summed E-state index contributed by atoms with van der Waals surface area (Å²) in [6.45, 7) is 3.88. The summed E-state index contributed by atoms with van der Waals surface area (Å²) in [4.78, 5) is 50.8. The van der Waals surface area contributed by atoms with E-state index >= 15 is 0 Å². The van der Waals surface area contributed by atoms with E-state index in [1.165, 1.54) is 31.4 Å². The van der Waals surface area contributed by atoms with Crippen molar-refractivity contribution in [3.8, 4) is 11.5 Å². The minimum absolute atomic E-state index is 0.00481. The van der Waals surface area contributed by atoms with E-state index in [9.17, 15) is 29.4 Å². The van der Waals surface area contributed by atoms with Gasteiger partial charge in [0.05, 0.1) is 30.2 Å². The zero-order chi connectivity index (χ0) is 22.2. The Bertz CT molecular complexity index is 1080. The van der Waals surface area contributed by atoms with E-state index in [2.05, 4.69) is 4.74 Å². The summed E-state index contributed by atoms with van der Waals surface area (Å²) in [5.74, 6) is -3.23. The fraction of sp³-hybridized carbons (Fsp3) is 0.304. The number of ketones is 3. The molecule has 0 aliphatic heterocycles. The number of carbonyl (C=O) groups is 4. The van der Waals surface area contributed by atoms with Crippen LogP contribution in [0.2, 0.25) is 0 Å². The predicted molar refractivity (Wildman–Crippen MR) is 107 cm³/mol. The number of rotatable bonds is 6. The molecule has 156 valence electrons. The quantitative estimate of drug-likeness (QED) is 0.473. The van der Waals surface area contributed by atoms with Crippen LogP contribution in [0.15, 0.2) is 24.3 Å². The van der Waals surface area contributed by atoms with Gasteiger partial charge in [-0.05, 0) is 30.0 Å². The van der Waals surface area contributed by atoms with Crippen LogP contribution in [0.4, 0.5) is 0 Å². The Kier molecular flexibility index (Phi) is 5.73. The molecule has 0 aromatic heterocycles. The van der Waals surface area contributed by atoms with Crippen molar-refractivity contribution < 1.29 is 34.1 Å². The van der Waals surface area contributed by atoms with E-state index in [1.54, 1.807) is 0 Å². The zero-order valence-electron chi connectivity index (χ0n) is 16.9. The van der Waals surface area contributed by atoms with Gasteiger partial charge in [0.1, 0.15) is 11.5 Å². The van der Waals surface area contributed by atoms with Crippen LogP contribution in [-0.2, 0) is 16.0 Å². The fourth-order valence-corrected chi connectivity index (χ4v) is 3.59.